The quantitative estimate of drug-likeness (QED) is 0.768. The van der Waals surface area contributed by atoms with Crippen molar-refractivity contribution in [2.45, 2.75) is 79.5 Å². The maximum absolute atomic E-state index is 6.50. The average molecular weight is 298 g/mol. The van der Waals surface area contributed by atoms with Crippen LogP contribution in [0.25, 0.3) is 0 Å². The summed E-state index contributed by atoms with van der Waals surface area (Å²) in [4.78, 5) is 0. The van der Waals surface area contributed by atoms with Gasteiger partial charge in [0.2, 0.25) is 0 Å². The Morgan fingerprint density at radius 3 is 2.05 bits per heavy atom. The molecule has 2 aliphatic rings. The van der Waals surface area contributed by atoms with Crippen LogP contribution in [0.15, 0.2) is 0 Å². The molecule has 9 atom stereocenters. The van der Waals surface area contributed by atoms with Crippen molar-refractivity contribution in [2.75, 3.05) is 6.61 Å². The molecule has 0 aromatic carbocycles. The monoisotopic (exact) mass is 298 g/mol. The Hall–Kier alpha value is -0.120. The Morgan fingerprint density at radius 1 is 0.810 bits per heavy atom. The van der Waals surface area contributed by atoms with Crippen LogP contribution in [0.2, 0.25) is 0 Å². The fraction of sp³-hybridized carbons (Fsp3) is 1.00. The van der Waals surface area contributed by atoms with E-state index in [0.29, 0.717) is 42.3 Å². The smallest absolute Gasteiger partial charge is 0.161 e. The first-order chi connectivity index (χ1) is 9.67. The zero-order valence-corrected chi connectivity index (χ0v) is 15.1. The summed E-state index contributed by atoms with van der Waals surface area (Å²) < 4.78 is 18.6. The normalized spacial score (nSPS) is 55.4. The number of rotatable bonds is 2. The fourth-order valence-electron chi connectivity index (χ4n) is 3.70. The van der Waals surface area contributed by atoms with Crippen molar-refractivity contribution >= 4 is 0 Å². The van der Waals surface area contributed by atoms with Gasteiger partial charge in [0.25, 0.3) is 0 Å². The van der Waals surface area contributed by atoms with E-state index in [1.807, 2.05) is 0 Å². The van der Waals surface area contributed by atoms with Crippen molar-refractivity contribution in [3.63, 3.8) is 0 Å². The van der Waals surface area contributed by atoms with Crippen LogP contribution in [0, 0.1) is 29.6 Å². The second kappa shape index (κ2) is 6.17. The molecule has 21 heavy (non-hydrogen) atoms. The lowest BCUT2D eigenvalue weighted by molar-refractivity contribution is -0.313. The highest BCUT2D eigenvalue weighted by atomic mass is 16.7. The van der Waals surface area contributed by atoms with Gasteiger partial charge in [0.1, 0.15) is 0 Å². The molecule has 3 unspecified atom stereocenters. The van der Waals surface area contributed by atoms with E-state index in [-0.39, 0.29) is 18.0 Å². The van der Waals surface area contributed by atoms with Gasteiger partial charge in [-0.25, -0.2) is 0 Å². The number of ether oxygens (including phenoxy) is 3. The van der Waals surface area contributed by atoms with Gasteiger partial charge in [-0.1, -0.05) is 34.6 Å². The first-order valence-electron chi connectivity index (χ1n) is 8.62. The molecule has 2 fully saturated rings. The van der Waals surface area contributed by atoms with E-state index in [4.69, 9.17) is 14.2 Å². The lowest BCUT2D eigenvalue weighted by Crippen LogP contribution is -2.56. The molecule has 0 N–H and O–H groups in total. The molecular weight excluding hydrogens is 264 g/mol. The van der Waals surface area contributed by atoms with Crippen molar-refractivity contribution in [2.24, 2.45) is 29.6 Å². The third-order valence-corrected chi connectivity index (χ3v) is 6.69. The van der Waals surface area contributed by atoms with Crippen LogP contribution in [-0.4, -0.2) is 30.7 Å². The molecule has 124 valence electrons. The highest BCUT2D eigenvalue weighted by Crippen LogP contribution is 2.41. The summed E-state index contributed by atoms with van der Waals surface area (Å²) in [5.74, 6) is 2.55. The Balaban J connectivity index is 2.09. The van der Waals surface area contributed by atoms with Crippen LogP contribution < -0.4 is 0 Å². The highest BCUT2D eigenvalue weighted by Gasteiger charge is 2.47. The Morgan fingerprint density at radius 2 is 1.43 bits per heavy atom. The molecule has 0 aliphatic carbocycles. The summed E-state index contributed by atoms with van der Waals surface area (Å²) in [5, 5.41) is 0. The first-order valence-corrected chi connectivity index (χ1v) is 8.62. The summed E-state index contributed by atoms with van der Waals surface area (Å²) >= 11 is 0. The predicted octanol–water partition coefficient (Wildman–Crippen LogP) is 4.11. The molecule has 2 heterocycles. The van der Waals surface area contributed by atoms with Gasteiger partial charge in [0, 0.05) is 5.92 Å². The van der Waals surface area contributed by atoms with Gasteiger partial charge in [-0.3, -0.25) is 0 Å². The molecule has 0 radical (unpaired) electrons. The van der Waals surface area contributed by atoms with E-state index in [1.54, 1.807) is 0 Å². The van der Waals surface area contributed by atoms with Crippen LogP contribution in [0.4, 0.5) is 0 Å². The summed E-state index contributed by atoms with van der Waals surface area (Å²) in [5.41, 5.74) is -0.259. The van der Waals surface area contributed by atoms with Gasteiger partial charge in [-0.2, -0.15) is 0 Å². The lowest BCUT2D eigenvalue weighted by atomic mass is 9.76. The average Bonchev–Trinajstić information content (AvgIpc) is 2.45. The zero-order chi connectivity index (χ0) is 15.9. The summed E-state index contributed by atoms with van der Waals surface area (Å²) in [7, 11) is 0. The van der Waals surface area contributed by atoms with Crippen molar-refractivity contribution in [3.05, 3.63) is 0 Å². The zero-order valence-electron chi connectivity index (χ0n) is 15.1. The molecule has 0 aromatic heterocycles. The first kappa shape index (κ1) is 17.2. The third kappa shape index (κ3) is 3.16. The molecular formula is C18H34O3. The molecule has 0 aromatic rings. The maximum atomic E-state index is 6.50. The molecule has 3 heteroatoms. The highest BCUT2D eigenvalue weighted by molar-refractivity contribution is 4.92. The Kier molecular flexibility index (Phi) is 5.07. The van der Waals surface area contributed by atoms with Gasteiger partial charge in [-0.15, -0.1) is 0 Å². The molecule has 0 spiro atoms. The van der Waals surface area contributed by atoms with Crippen LogP contribution in [0.5, 0.6) is 0 Å². The van der Waals surface area contributed by atoms with Gasteiger partial charge < -0.3 is 14.2 Å². The SMILES string of the molecule is CC1O[C@H](O[C@]2(C)CO[C@H](C)C(C)[C@H]2C)C(C)[C@H](C)[C@@H]1C. The minimum atomic E-state index is -0.259. The summed E-state index contributed by atoms with van der Waals surface area (Å²) in [6.07, 6.45) is 0.433. The van der Waals surface area contributed by atoms with E-state index in [9.17, 15) is 0 Å². The predicted molar refractivity (Wildman–Crippen MR) is 85.1 cm³/mol. The molecule has 0 bridgehead atoms. The molecule has 2 aliphatic heterocycles. The molecule has 3 nitrogen and oxygen atoms in total. The van der Waals surface area contributed by atoms with E-state index >= 15 is 0 Å². The third-order valence-electron chi connectivity index (χ3n) is 6.69. The minimum Gasteiger partial charge on any atom is -0.375 e. The van der Waals surface area contributed by atoms with Gasteiger partial charge in [0.05, 0.1) is 24.4 Å². The second-order valence-corrected chi connectivity index (χ2v) is 7.88. The summed E-state index contributed by atoms with van der Waals surface area (Å²) in [6.45, 7) is 18.6. The lowest BCUT2D eigenvalue weighted by Gasteiger charge is -2.50. The van der Waals surface area contributed by atoms with Gasteiger partial charge in [-0.05, 0) is 44.4 Å². The molecule has 0 amide bonds. The van der Waals surface area contributed by atoms with Crippen molar-refractivity contribution < 1.29 is 14.2 Å². The summed E-state index contributed by atoms with van der Waals surface area (Å²) in [6, 6.07) is 0. The second-order valence-electron chi connectivity index (χ2n) is 7.88. The molecule has 2 saturated heterocycles. The van der Waals surface area contributed by atoms with E-state index in [0.717, 1.165) is 0 Å². The largest absolute Gasteiger partial charge is 0.375 e. The Labute approximate surface area is 130 Å². The van der Waals surface area contributed by atoms with Crippen LogP contribution >= 0.6 is 0 Å². The van der Waals surface area contributed by atoms with Crippen molar-refractivity contribution in [3.8, 4) is 0 Å². The van der Waals surface area contributed by atoms with Crippen LogP contribution in [0.1, 0.15) is 55.4 Å². The standard InChI is InChI=1S/C18H34O3/c1-10-11(2)16(7)20-17(12(10)3)21-18(8)9-19-15(6)13(4)14(18)5/h10-17H,9H2,1-8H3/t10-,11+,12?,13?,14-,15-,16?,17-,18-/m1/s1. The molecule has 0 saturated carbocycles. The molecule has 2 rings (SSSR count). The van der Waals surface area contributed by atoms with Crippen molar-refractivity contribution in [1.29, 1.82) is 0 Å². The number of hydrogen-bond donors (Lipinski definition) is 0. The number of hydrogen-bond acceptors (Lipinski definition) is 3. The van der Waals surface area contributed by atoms with E-state index in [1.165, 1.54) is 0 Å². The van der Waals surface area contributed by atoms with Crippen LogP contribution in [0.3, 0.4) is 0 Å². The topological polar surface area (TPSA) is 27.7 Å². The van der Waals surface area contributed by atoms with Gasteiger partial charge >= 0.3 is 0 Å². The van der Waals surface area contributed by atoms with Crippen molar-refractivity contribution in [1.82, 2.24) is 0 Å². The minimum absolute atomic E-state index is 0.122. The van der Waals surface area contributed by atoms with E-state index in [2.05, 4.69) is 55.4 Å². The van der Waals surface area contributed by atoms with Gasteiger partial charge in [0.15, 0.2) is 6.29 Å². The van der Waals surface area contributed by atoms with E-state index < -0.39 is 0 Å². The Bertz CT molecular complexity index is 358. The van der Waals surface area contributed by atoms with Crippen LogP contribution in [-0.2, 0) is 14.2 Å². The maximum Gasteiger partial charge on any atom is 0.161 e. The fourth-order valence-corrected chi connectivity index (χ4v) is 3.70.